The molecule has 0 saturated carbocycles. The zero-order chi connectivity index (χ0) is 26.5. The molecule has 0 aliphatic heterocycles. The van der Waals surface area contributed by atoms with Gasteiger partial charge in [0.15, 0.2) is 11.9 Å². The highest BCUT2D eigenvalue weighted by Gasteiger charge is 2.36. The number of Topliss-reactive ketones (excluding diaryl/α,β-unsaturated/α-hetero) is 1. The van der Waals surface area contributed by atoms with Crippen LogP contribution in [0.4, 0.5) is 0 Å². The Labute approximate surface area is 210 Å². The van der Waals surface area contributed by atoms with E-state index in [0.29, 0.717) is 6.42 Å². The van der Waals surface area contributed by atoms with Gasteiger partial charge in [-0.25, -0.2) is 4.57 Å². The van der Waals surface area contributed by atoms with Crippen LogP contribution in [0.5, 0.6) is 0 Å². The van der Waals surface area contributed by atoms with Gasteiger partial charge in [-0.15, -0.1) is 0 Å². The van der Waals surface area contributed by atoms with Crippen LogP contribution in [0.25, 0.3) is 0 Å². The third-order valence-electron chi connectivity index (χ3n) is 5.86. The first-order valence-corrected chi connectivity index (χ1v) is 14.6. The number of carboxylic acid groups (broad SMARTS) is 1. The molecule has 35 heavy (non-hydrogen) atoms. The maximum absolute atomic E-state index is 12.4. The normalized spacial score (nSPS) is 15.9. The zero-order valence-corrected chi connectivity index (χ0v) is 22.2. The summed E-state index contributed by atoms with van der Waals surface area (Å²) in [6.45, 7) is 0.553. The van der Waals surface area contributed by atoms with E-state index in [1.807, 2.05) is 0 Å². The van der Waals surface area contributed by atoms with Crippen LogP contribution in [-0.4, -0.2) is 63.4 Å². The molecule has 0 saturated heterocycles. The minimum Gasteiger partial charge on any atom is -0.480 e. The third-order valence-corrected chi connectivity index (χ3v) is 6.83. The van der Waals surface area contributed by atoms with Gasteiger partial charge in [-0.3, -0.25) is 18.6 Å². The Balaban J connectivity index is 4.02. The van der Waals surface area contributed by atoms with Crippen molar-refractivity contribution in [3.63, 3.8) is 0 Å². The minimum absolute atomic E-state index is 0.00855. The van der Waals surface area contributed by atoms with E-state index >= 15 is 0 Å². The van der Waals surface area contributed by atoms with Gasteiger partial charge in [-0.1, -0.05) is 96.8 Å². The number of rotatable bonds is 25. The molecule has 4 atom stereocenters. The summed E-state index contributed by atoms with van der Waals surface area (Å²) >= 11 is 0. The molecule has 0 aliphatic rings. The van der Waals surface area contributed by atoms with Gasteiger partial charge in [-0.2, -0.15) is 0 Å². The maximum atomic E-state index is 12.4. The number of phosphoric ester groups is 1. The Hall–Kier alpha value is -0.870. The average Bonchev–Trinajstić information content (AvgIpc) is 2.82. The Bertz CT molecular complexity index is 606. The summed E-state index contributed by atoms with van der Waals surface area (Å²) < 4.78 is 21.2. The van der Waals surface area contributed by atoms with Crippen LogP contribution in [0.15, 0.2) is 0 Å². The van der Waals surface area contributed by atoms with Crippen molar-refractivity contribution in [1.29, 1.82) is 0 Å². The first-order chi connectivity index (χ1) is 16.6. The smallest absolute Gasteiger partial charge is 0.473 e. The van der Waals surface area contributed by atoms with E-state index < -0.39 is 51.0 Å². The minimum atomic E-state index is -4.87. The van der Waals surface area contributed by atoms with E-state index in [-0.39, 0.29) is 6.42 Å². The largest absolute Gasteiger partial charge is 0.480 e. The number of carboxylic acids is 1. The molecule has 0 aliphatic carbocycles. The molecule has 0 radical (unpaired) electrons. The number of aliphatic hydroxyl groups excluding tert-OH is 2. The molecule has 0 aromatic carbocycles. The summed E-state index contributed by atoms with van der Waals surface area (Å²) in [4.78, 5) is 32.8. The molecular weight excluding hydrogens is 477 g/mol. The molecule has 0 spiro atoms. The highest BCUT2D eigenvalue weighted by molar-refractivity contribution is 7.47. The van der Waals surface area contributed by atoms with Crippen LogP contribution < -0.4 is 5.73 Å². The van der Waals surface area contributed by atoms with Crippen molar-refractivity contribution in [3.8, 4) is 0 Å². The lowest BCUT2D eigenvalue weighted by Gasteiger charge is -2.23. The Morgan fingerprint density at radius 1 is 0.857 bits per heavy atom. The van der Waals surface area contributed by atoms with Crippen LogP contribution >= 0.6 is 7.82 Å². The number of aliphatic hydroxyl groups is 2. The molecule has 0 amide bonds. The summed E-state index contributed by atoms with van der Waals surface area (Å²) in [5.41, 5.74) is 5.20. The monoisotopic (exact) mass is 525 g/mol. The predicted molar refractivity (Wildman–Crippen MR) is 134 cm³/mol. The second kappa shape index (κ2) is 21.2. The first kappa shape index (κ1) is 34.1. The summed E-state index contributed by atoms with van der Waals surface area (Å²) in [6, 6.07) is -1.56. The Morgan fingerprint density at radius 3 is 1.69 bits per heavy atom. The van der Waals surface area contributed by atoms with Crippen LogP contribution in [-0.2, 0) is 23.2 Å². The van der Waals surface area contributed by atoms with Gasteiger partial charge in [0.25, 0.3) is 0 Å². The topological polar surface area (TPSA) is 177 Å². The lowest BCUT2D eigenvalue weighted by molar-refractivity contribution is -0.140. The molecule has 6 N–H and O–H groups in total. The molecule has 208 valence electrons. The molecule has 11 heteroatoms. The quantitative estimate of drug-likeness (QED) is 0.0861. The number of hydrogen-bond acceptors (Lipinski definition) is 8. The van der Waals surface area contributed by atoms with Crippen molar-refractivity contribution in [3.05, 3.63) is 0 Å². The SMILES string of the molecule is CCCCCCCCCCCCCCCCCC(=O)C(OP(=O)(O)OC[C@H](N)C(=O)O)[C@@H](O)CO. The Morgan fingerprint density at radius 2 is 1.29 bits per heavy atom. The van der Waals surface area contributed by atoms with Gasteiger partial charge < -0.3 is 25.9 Å². The van der Waals surface area contributed by atoms with Crippen LogP contribution in [0.3, 0.4) is 0 Å². The summed E-state index contributed by atoms with van der Waals surface area (Å²) in [6.07, 6.45) is 14.2. The number of carbonyl (C=O) groups is 2. The summed E-state index contributed by atoms with van der Waals surface area (Å²) in [5, 5.41) is 27.7. The van der Waals surface area contributed by atoms with Gasteiger partial charge in [0.05, 0.1) is 13.2 Å². The number of carbonyl (C=O) groups excluding carboxylic acids is 1. The van der Waals surface area contributed by atoms with Crippen LogP contribution in [0.1, 0.15) is 110 Å². The molecule has 0 aromatic rings. The molecule has 2 unspecified atom stereocenters. The van der Waals surface area contributed by atoms with Crippen molar-refractivity contribution in [2.24, 2.45) is 5.73 Å². The molecule has 0 bridgehead atoms. The highest BCUT2D eigenvalue weighted by atomic mass is 31.2. The van der Waals surface area contributed by atoms with Gasteiger partial charge >= 0.3 is 13.8 Å². The predicted octanol–water partition coefficient (Wildman–Crippen LogP) is 4.08. The molecule has 10 nitrogen and oxygen atoms in total. The second-order valence-electron chi connectivity index (χ2n) is 9.15. The van der Waals surface area contributed by atoms with Crippen molar-refractivity contribution in [1.82, 2.24) is 0 Å². The number of aliphatic carboxylic acids is 1. The van der Waals surface area contributed by atoms with E-state index in [1.165, 1.54) is 64.2 Å². The summed E-state index contributed by atoms with van der Waals surface area (Å²) in [5.74, 6) is -2.08. The van der Waals surface area contributed by atoms with Crippen molar-refractivity contribution >= 4 is 19.6 Å². The van der Waals surface area contributed by atoms with Crippen molar-refractivity contribution < 1.29 is 43.4 Å². The van der Waals surface area contributed by atoms with Crippen LogP contribution in [0.2, 0.25) is 0 Å². The molecule has 0 rings (SSSR count). The fraction of sp³-hybridized carbons (Fsp3) is 0.917. The second-order valence-corrected chi connectivity index (χ2v) is 10.6. The third kappa shape index (κ3) is 19.0. The number of nitrogens with two attached hydrogens (primary N) is 1. The fourth-order valence-electron chi connectivity index (χ4n) is 3.67. The lowest BCUT2D eigenvalue weighted by Crippen LogP contribution is -2.39. The number of ketones is 1. The first-order valence-electron chi connectivity index (χ1n) is 13.1. The maximum Gasteiger partial charge on any atom is 0.473 e. The molecule has 0 heterocycles. The Kier molecular flexibility index (Phi) is 20.7. The van der Waals surface area contributed by atoms with E-state index in [2.05, 4.69) is 11.4 Å². The highest BCUT2D eigenvalue weighted by Crippen LogP contribution is 2.45. The molecule has 0 aromatic heterocycles. The number of phosphoric acid groups is 1. The molecular formula is C24H48NO9P. The number of hydrogen-bond donors (Lipinski definition) is 5. The van der Waals surface area contributed by atoms with E-state index in [0.717, 1.165) is 25.7 Å². The van der Waals surface area contributed by atoms with E-state index in [1.54, 1.807) is 0 Å². The fourth-order valence-corrected chi connectivity index (χ4v) is 4.63. The van der Waals surface area contributed by atoms with Crippen molar-refractivity contribution in [2.75, 3.05) is 13.2 Å². The lowest BCUT2D eigenvalue weighted by atomic mass is 10.0. The average molecular weight is 526 g/mol. The van der Waals surface area contributed by atoms with Crippen LogP contribution in [0, 0.1) is 0 Å². The molecule has 0 fully saturated rings. The van der Waals surface area contributed by atoms with E-state index in [9.17, 15) is 24.2 Å². The van der Waals surface area contributed by atoms with Gasteiger partial charge in [0.2, 0.25) is 0 Å². The standard InChI is InChI=1S/C24H48NO9P/c1-2-3-4-5-6-7-8-9-10-11-12-13-14-15-16-17-21(27)23(22(28)18-26)34-35(31,32)33-19-20(25)24(29)30/h20,22-23,26,28H,2-19,25H2,1H3,(H,29,30)(H,31,32)/t20-,22-,23?/m0/s1. The van der Waals surface area contributed by atoms with Gasteiger partial charge in [-0.05, 0) is 6.42 Å². The summed E-state index contributed by atoms with van der Waals surface area (Å²) in [7, 11) is -4.87. The van der Waals surface area contributed by atoms with Gasteiger partial charge in [0, 0.05) is 6.42 Å². The zero-order valence-electron chi connectivity index (χ0n) is 21.3. The number of unbranched alkanes of at least 4 members (excludes halogenated alkanes) is 14. The van der Waals surface area contributed by atoms with Crippen molar-refractivity contribution in [2.45, 2.75) is 128 Å². The van der Waals surface area contributed by atoms with Gasteiger partial charge in [0.1, 0.15) is 12.1 Å². The van der Waals surface area contributed by atoms with E-state index in [4.69, 9.17) is 20.5 Å².